The van der Waals surface area contributed by atoms with Gasteiger partial charge in [0.1, 0.15) is 6.04 Å². The molecule has 0 saturated carbocycles. The molecular formula is C12H19N3O6S. The van der Waals surface area contributed by atoms with Crippen LogP contribution >= 0.6 is 0 Å². The van der Waals surface area contributed by atoms with Gasteiger partial charge in [-0.3, -0.25) is 9.35 Å². The van der Waals surface area contributed by atoms with Crippen LogP contribution in [-0.2, 0) is 19.5 Å². The van der Waals surface area contributed by atoms with Gasteiger partial charge in [0.2, 0.25) is 5.91 Å². The monoisotopic (exact) mass is 333 g/mol. The standard InChI is InChI=1S/C12H19N3O6S/c16-11(13-6-2-1-3-7-13)10-5-4-9-8-14(10)12(17)15(9)21-22(18,19)20/h9-10H,1-8H2,(H,18,19,20)/t9-,10+/m1/s1. The fourth-order valence-electron chi connectivity index (χ4n) is 3.41. The normalized spacial score (nSPS) is 29.1. The molecule has 3 heterocycles. The summed E-state index contributed by atoms with van der Waals surface area (Å²) in [6.07, 6.45) is 3.97. The number of hydrogen-bond donors (Lipinski definition) is 1. The molecule has 0 aliphatic carbocycles. The Kier molecular flexibility index (Phi) is 4.00. The molecule has 0 unspecified atom stereocenters. The maximum atomic E-state index is 12.6. The number of urea groups is 1. The van der Waals surface area contributed by atoms with E-state index in [4.69, 9.17) is 4.55 Å². The highest BCUT2D eigenvalue weighted by Gasteiger charge is 2.50. The molecule has 0 aromatic heterocycles. The minimum absolute atomic E-state index is 0.0831. The van der Waals surface area contributed by atoms with Crippen molar-refractivity contribution in [3.8, 4) is 0 Å². The average molecular weight is 333 g/mol. The van der Waals surface area contributed by atoms with Crippen molar-refractivity contribution in [3.63, 3.8) is 0 Å². The Morgan fingerprint density at radius 3 is 2.50 bits per heavy atom. The minimum Gasteiger partial charge on any atom is -0.341 e. The minimum atomic E-state index is -4.75. The summed E-state index contributed by atoms with van der Waals surface area (Å²) >= 11 is 0. The van der Waals surface area contributed by atoms with Gasteiger partial charge in [-0.2, -0.15) is 13.5 Å². The van der Waals surface area contributed by atoms with E-state index in [2.05, 4.69) is 4.28 Å². The van der Waals surface area contributed by atoms with Crippen LogP contribution in [0.4, 0.5) is 4.79 Å². The van der Waals surface area contributed by atoms with Gasteiger partial charge in [-0.15, -0.1) is 4.28 Å². The summed E-state index contributed by atoms with van der Waals surface area (Å²) in [5.74, 6) is -0.0831. The molecule has 3 aliphatic heterocycles. The van der Waals surface area contributed by atoms with Gasteiger partial charge in [0.15, 0.2) is 0 Å². The maximum absolute atomic E-state index is 12.6. The summed E-state index contributed by atoms with van der Waals surface area (Å²) in [5, 5.41) is 0.665. The van der Waals surface area contributed by atoms with Crippen LogP contribution in [0.25, 0.3) is 0 Å². The molecule has 0 radical (unpaired) electrons. The van der Waals surface area contributed by atoms with Crippen LogP contribution in [0.5, 0.6) is 0 Å². The highest BCUT2D eigenvalue weighted by atomic mass is 32.3. The summed E-state index contributed by atoms with van der Waals surface area (Å²) in [6.45, 7) is 1.64. The Bertz CT molecular complexity index is 573. The molecule has 2 atom stereocenters. The van der Waals surface area contributed by atoms with Gasteiger partial charge in [-0.1, -0.05) is 0 Å². The summed E-state index contributed by atoms with van der Waals surface area (Å²) in [7, 11) is -4.75. The van der Waals surface area contributed by atoms with Crippen molar-refractivity contribution in [1.29, 1.82) is 0 Å². The second-order valence-electron chi connectivity index (χ2n) is 5.90. The molecule has 3 saturated heterocycles. The fraction of sp³-hybridized carbons (Fsp3) is 0.833. The number of fused-ring (bicyclic) bond motifs is 2. The predicted octanol–water partition coefficient (Wildman–Crippen LogP) is 0.00190. The molecule has 0 aromatic carbocycles. The fourth-order valence-corrected chi connectivity index (χ4v) is 3.80. The molecule has 1 N–H and O–H groups in total. The molecule has 124 valence electrons. The van der Waals surface area contributed by atoms with Crippen LogP contribution in [0.3, 0.4) is 0 Å². The number of likely N-dealkylation sites (tertiary alicyclic amines) is 1. The molecule has 0 spiro atoms. The lowest BCUT2D eigenvalue weighted by atomic mass is 9.99. The summed E-state index contributed by atoms with van der Waals surface area (Å²) in [6, 6.07) is -1.72. The van der Waals surface area contributed by atoms with Crippen LogP contribution in [0, 0.1) is 0 Å². The van der Waals surface area contributed by atoms with Gasteiger partial charge < -0.3 is 9.80 Å². The van der Waals surface area contributed by atoms with Crippen molar-refractivity contribution >= 4 is 22.3 Å². The third kappa shape index (κ3) is 2.90. The van der Waals surface area contributed by atoms with Crippen molar-refractivity contribution in [1.82, 2.24) is 14.9 Å². The second-order valence-corrected chi connectivity index (χ2v) is 6.90. The molecule has 0 aromatic rings. The van der Waals surface area contributed by atoms with E-state index < -0.39 is 28.5 Å². The maximum Gasteiger partial charge on any atom is 0.418 e. The summed E-state index contributed by atoms with van der Waals surface area (Å²) in [5.41, 5.74) is 0. The first-order chi connectivity index (χ1) is 10.4. The number of piperidine rings is 2. The van der Waals surface area contributed by atoms with Crippen molar-refractivity contribution in [2.75, 3.05) is 19.6 Å². The zero-order valence-electron chi connectivity index (χ0n) is 12.0. The zero-order valence-corrected chi connectivity index (χ0v) is 12.9. The van der Waals surface area contributed by atoms with Gasteiger partial charge in [0.05, 0.1) is 6.04 Å². The molecule has 3 fully saturated rings. The predicted molar refractivity (Wildman–Crippen MR) is 73.8 cm³/mol. The molecule has 3 rings (SSSR count). The lowest BCUT2D eigenvalue weighted by molar-refractivity contribution is -0.137. The van der Waals surface area contributed by atoms with Gasteiger partial charge in [0, 0.05) is 19.6 Å². The third-order valence-corrected chi connectivity index (χ3v) is 4.80. The first kappa shape index (κ1) is 15.5. The van der Waals surface area contributed by atoms with E-state index in [1.807, 2.05) is 0 Å². The van der Waals surface area contributed by atoms with Crippen LogP contribution < -0.4 is 0 Å². The van der Waals surface area contributed by atoms with Gasteiger partial charge in [-0.25, -0.2) is 4.79 Å². The summed E-state index contributed by atoms with van der Waals surface area (Å²) < 4.78 is 34.8. The van der Waals surface area contributed by atoms with Gasteiger partial charge in [0.25, 0.3) is 0 Å². The number of hydroxylamine groups is 2. The van der Waals surface area contributed by atoms with Crippen molar-refractivity contribution in [2.45, 2.75) is 44.2 Å². The van der Waals surface area contributed by atoms with E-state index in [0.29, 0.717) is 31.0 Å². The van der Waals surface area contributed by atoms with Gasteiger partial charge in [-0.05, 0) is 32.1 Å². The number of carbonyl (C=O) groups is 2. The van der Waals surface area contributed by atoms with Crippen molar-refractivity contribution in [3.05, 3.63) is 0 Å². The smallest absolute Gasteiger partial charge is 0.341 e. The number of carbonyl (C=O) groups excluding carboxylic acids is 2. The zero-order chi connectivity index (χ0) is 15.9. The topological polar surface area (TPSA) is 107 Å². The van der Waals surface area contributed by atoms with E-state index in [9.17, 15) is 18.0 Å². The molecular weight excluding hydrogens is 314 g/mol. The quantitative estimate of drug-likeness (QED) is 0.729. The van der Waals surface area contributed by atoms with Crippen molar-refractivity contribution < 1.29 is 26.8 Å². The Morgan fingerprint density at radius 2 is 1.86 bits per heavy atom. The lowest BCUT2D eigenvalue weighted by Gasteiger charge is -2.35. The Morgan fingerprint density at radius 1 is 1.18 bits per heavy atom. The molecule has 9 nitrogen and oxygen atoms in total. The first-order valence-corrected chi connectivity index (χ1v) is 8.79. The average Bonchev–Trinajstić information content (AvgIpc) is 2.71. The highest BCUT2D eigenvalue weighted by molar-refractivity contribution is 7.80. The van der Waals surface area contributed by atoms with E-state index in [-0.39, 0.29) is 12.5 Å². The third-order valence-electron chi connectivity index (χ3n) is 4.45. The van der Waals surface area contributed by atoms with Crippen LogP contribution in [0.15, 0.2) is 0 Å². The first-order valence-electron chi connectivity index (χ1n) is 7.42. The van der Waals surface area contributed by atoms with E-state index in [1.54, 1.807) is 4.90 Å². The van der Waals surface area contributed by atoms with E-state index >= 15 is 0 Å². The second kappa shape index (κ2) is 5.67. The Balaban J connectivity index is 1.72. The number of amides is 3. The molecule has 22 heavy (non-hydrogen) atoms. The largest absolute Gasteiger partial charge is 0.418 e. The SMILES string of the molecule is O=C([C@@H]1CC[C@@H]2CN1C(=O)N2OS(=O)(=O)O)N1CCCCC1. The number of nitrogens with zero attached hydrogens (tertiary/aromatic N) is 3. The lowest BCUT2D eigenvalue weighted by Crippen LogP contribution is -2.52. The number of rotatable bonds is 3. The number of hydrogen-bond acceptors (Lipinski definition) is 5. The van der Waals surface area contributed by atoms with Gasteiger partial charge >= 0.3 is 16.4 Å². The molecule has 3 amide bonds. The molecule has 10 heteroatoms. The molecule has 2 bridgehead atoms. The van der Waals surface area contributed by atoms with Crippen LogP contribution in [-0.4, -0.2) is 71.5 Å². The van der Waals surface area contributed by atoms with E-state index in [1.165, 1.54) is 4.90 Å². The van der Waals surface area contributed by atoms with Crippen LogP contribution in [0.1, 0.15) is 32.1 Å². The Labute approximate surface area is 128 Å². The highest BCUT2D eigenvalue weighted by Crippen LogP contribution is 2.31. The summed E-state index contributed by atoms with van der Waals surface area (Å²) in [4.78, 5) is 27.9. The van der Waals surface area contributed by atoms with Crippen molar-refractivity contribution in [2.24, 2.45) is 0 Å². The molecule has 3 aliphatic rings. The Hall–Kier alpha value is -1.39. The van der Waals surface area contributed by atoms with Crippen LogP contribution in [0.2, 0.25) is 0 Å². The van der Waals surface area contributed by atoms with E-state index in [0.717, 1.165) is 19.3 Å².